The molecule has 1 aliphatic heterocycles. The van der Waals surface area contributed by atoms with Crippen molar-refractivity contribution in [3.63, 3.8) is 0 Å². The van der Waals surface area contributed by atoms with Crippen LogP contribution in [-0.4, -0.2) is 29.5 Å². The third kappa shape index (κ3) is 2.43. The van der Waals surface area contributed by atoms with E-state index in [1.165, 1.54) is 10.5 Å². The molecule has 4 nitrogen and oxygen atoms in total. The van der Waals surface area contributed by atoms with E-state index in [1.807, 2.05) is 0 Å². The van der Waals surface area contributed by atoms with Gasteiger partial charge in [0.05, 0.1) is 6.10 Å². The molecule has 0 aromatic carbocycles. The predicted octanol–water partition coefficient (Wildman–Crippen LogP) is 3.19. The van der Waals surface area contributed by atoms with Gasteiger partial charge in [0.25, 0.3) is 11.8 Å². The minimum Gasteiger partial charge on any atom is -0.356 e. The second-order valence-corrected chi connectivity index (χ2v) is 7.51. The first-order valence-electron chi connectivity index (χ1n) is 8.19. The van der Waals surface area contributed by atoms with Crippen LogP contribution in [0, 0.1) is 11.3 Å². The number of hydrogen-bond acceptors (Lipinski definition) is 3. The van der Waals surface area contributed by atoms with E-state index in [0.717, 1.165) is 36.8 Å². The molecule has 0 aromatic heterocycles. The van der Waals surface area contributed by atoms with Crippen molar-refractivity contribution in [3.05, 3.63) is 22.8 Å². The third-order valence-electron chi connectivity index (χ3n) is 5.18. The van der Waals surface area contributed by atoms with Gasteiger partial charge in [0, 0.05) is 22.5 Å². The maximum absolute atomic E-state index is 12.4. The molecule has 22 heavy (non-hydrogen) atoms. The lowest BCUT2D eigenvalue weighted by Gasteiger charge is -2.15. The number of allylic oxidation sites excluding steroid dienone is 1. The van der Waals surface area contributed by atoms with Crippen molar-refractivity contribution in [1.82, 2.24) is 4.90 Å². The molecule has 2 unspecified atom stereocenters. The highest BCUT2D eigenvalue weighted by atomic mass is 16.5. The molecule has 2 amide bonds. The Morgan fingerprint density at radius 1 is 1.18 bits per heavy atom. The van der Waals surface area contributed by atoms with Crippen molar-refractivity contribution < 1.29 is 14.3 Å². The van der Waals surface area contributed by atoms with Gasteiger partial charge < -0.3 is 4.74 Å². The zero-order chi connectivity index (χ0) is 16.1. The molecule has 4 heteroatoms. The van der Waals surface area contributed by atoms with Crippen LogP contribution < -0.4 is 0 Å². The number of carbonyl (C=O) groups excluding carboxylic acids is 2. The third-order valence-corrected chi connectivity index (χ3v) is 5.18. The SMILES string of the molecule is CC(C)=CC1C(OCN2C(=O)C3=C(CCCC3)C2=O)C1(C)C. The molecule has 0 saturated heterocycles. The average Bonchev–Trinajstić information content (AvgIpc) is 2.86. The molecule has 0 aromatic rings. The molecular formula is C18H25NO3. The molecule has 1 fully saturated rings. The number of hydrogen-bond donors (Lipinski definition) is 0. The average molecular weight is 303 g/mol. The largest absolute Gasteiger partial charge is 0.356 e. The Labute approximate surface area is 132 Å². The Kier molecular flexibility index (Phi) is 3.76. The Balaban J connectivity index is 1.63. The van der Waals surface area contributed by atoms with Gasteiger partial charge in [-0.3, -0.25) is 14.5 Å². The van der Waals surface area contributed by atoms with Crippen LogP contribution in [0.5, 0.6) is 0 Å². The van der Waals surface area contributed by atoms with E-state index in [2.05, 4.69) is 33.8 Å². The van der Waals surface area contributed by atoms with Crippen molar-refractivity contribution in [2.24, 2.45) is 11.3 Å². The van der Waals surface area contributed by atoms with Crippen LogP contribution in [-0.2, 0) is 14.3 Å². The number of nitrogens with zero attached hydrogens (tertiary/aromatic N) is 1. The lowest BCUT2D eigenvalue weighted by atomic mass is 9.93. The minimum absolute atomic E-state index is 0.0795. The topological polar surface area (TPSA) is 46.6 Å². The molecule has 0 radical (unpaired) electrons. The highest BCUT2D eigenvalue weighted by Crippen LogP contribution is 2.55. The van der Waals surface area contributed by atoms with Gasteiger partial charge in [-0.1, -0.05) is 25.5 Å². The molecule has 0 N–H and O–H groups in total. The van der Waals surface area contributed by atoms with Crippen LogP contribution in [0.3, 0.4) is 0 Å². The van der Waals surface area contributed by atoms with Crippen LogP contribution in [0.2, 0.25) is 0 Å². The first-order chi connectivity index (χ1) is 10.3. The zero-order valence-electron chi connectivity index (χ0n) is 13.9. The molecular weight excluding hydrogens is 278 g/mol. The highest BCUT2D eigenvalue weighted by Gasteiger charge is 2.58. The molecule has 0 spiro atoms. The lowest BCUT2D eigenvalue weighted by Crippen LogP contribution is -2.34. The monoisotopic (exact) mass is 303 g/mol. The van der Waals surface area contributed by atoms with E-state index in [9.17, 15) is 9.59 Å². The molecule has 2 atom stereocenters. The molecule has 0 bridgehead atoms. The van der Waals surface area contributed by atoms with Crippen LogP contribution in [0.1, 0.15) is 53.4 Å². The summed E-state index contributed by atoms with van der Waals surface area (Å²) in [5.41, 5.74) is 2.82. The van der Waals surface area contributed by atoms with Gasteiger partial charge in [0.2, 0.25) is 0 Å². The van der Waals surface area contributed by atoms with Gasteiger partial charge in [-0.05, 0) is 39.5 Å². The smallest absolute Gasteiger partial charge is 0.259 e. The number of carbonyl (C=O) groups is 2. The Morgan fingerprint density at radius 3 is 2.23 bits per heavy atom. The molecule has 1 saturated carbocycles. The first kappa shape index (κ1) is 15.5. The second-order valence-electron chi connectivity index (χ2n) is 7.51. The second kappa shape index (κ2) is 5.34. The predicted molar refractivity (Wildman–Crippen MR) is 83.8 cm³/mol. The van der Waals surface area contributed by atoms with E-state index < -0.39 is 0 Å². The van der Waals surface area contributed by atoms with Crippen molar-refractivity contribution in [2.45, 2.75) is 59.5 Å². The Bertz CT molecular complexity index is 553. The number of amides is 2. The first-order valence-corrected chi connectivity index (χ1v) is 8.19. The summed E-state index contributed by atoms with van der Waals surface area (Å²) in [5.74, 6) is 0.113. The summed E-state index contributed by atoms with van der Waals surface area (Å²) in [7, 11) is 0. The standard InChI is InChI=1S/C18H25NO3/c1-11(2)9-14-15(18(14,3)4)22-10-19-16(20)12-7-5-6-8-13(12)17(19)21/h9,14-15H,5-8,10H2,1-4H3. The molecule has 120 valence electrons. The summed E-state index contributed by atoms with van der Waals surface area (Å²) < 4.78 is 5.93. The van der Waals surface area contributed by atoms with E-state index in [1.54, 1.807) is 0 Å². The molecule has 2 aliphatic carbocycles. The van der Waals surface area contributed by atoms with Crippen molar-refractivity contribution >= 4 is 11.8 Å². The van der Waals surface area contributed by atoms with E-state index >= 15 is 0 Å². The summed E-state index contributed by atoms with van der Waals surface area (Å²) in [6, 6.07) is 0. The van der Waals surface area contributed by atoms with E-state index in [-0.39, 0.29) is 30.1 Å². The highest BCUT2D eigenvalue weighted by molar-refractivity contribution is 6.19. The van der Waals surface area contributed by atoms with Crippen molar-refractivity contribution in [3.8, 4) is 0 Å². The fourth-order valence-electron chi connectivity index (χ4n) is 3.68. The summed E-state index contributed by atoms with van der Waals surface area (Å²) in [6.07, 6.45) is 5.80. The number of imide groups is 1. The molecule has 3 rings (SSSR count). The molecule has 3 aliphatic rings. The van der Waals surface area contributed by atoms with E-state index in [0.29, 0.717) is 5.92 Å². The molecule has 1 heterocycles. The van der Waals surface area contributed by atoms with Gasteiger partial charge in [0.1, 0.15) is 6.73 Å². The van der Waals surface area contributed by atoms with Gasteiger partial charge in [-0.15, -0.1) is 0 Å². The van der Waals surface area contributed by atoms with Crippen LogP contribution in [0.15, 0.2) is 22.8 Å². The van der Waals surface area contributed by atoms with Crippen molar-refractivity contribution in [2.75, 3.05) is 6.73 Å². The maximum atomic E-state index is 12.4. The summed E-state index contributed by atoms with van der Waals surface area (Å²) in [5, 5.41) is 0. The van der Waals surface area contributed by atoms with Crippen LogP contribution in [0.4, 0.5) is 0 Å². The maximum Gasteiger partial charge on any atom is 0.259 e. The normalized spacial score (nSPS) is 29.7. The summed E-state index contributed by atoms with van der Waals surface area (Å²) in [6.45, 7) is 8.58. The minimum atomic E-state index is -0.128. The lowest BCUT2D eigenvalue weighted by molar-refractivity contribution is -0.144. The number of ether oxygens (including phenoxy) is 1. The van der Waals surface area contributed by atoms with Gasteiger partial charge >= 0.3 is 0 Å². The van der Waals surface area contributed by atoms with Gasteiger partial charge in [0.15, 0.2) is 0 Å². The Hall–Kier alpha value is -1.42. The number of rotatable bonds is 4. The van der Waals surface area contributed by atoms with Crippen molar-refractivity contribution in [1.29, 1.82) is 0 Å². The fourth-order valence-corrected chi connectivity index (χ4v) is 3.68. The fraction of sp³-hybridized carbons (Fsp3) is 0.667. The van der Waals surface area contributed by atoms with Crippen LogP contribution >= 0.6 is 0 Å². The van der Waals surface area contributed by atoms with Gasteiger partial charge in [-0.25, -0.2) is 0 Å². The van der Waals surface area contributed by atoms with E-state index in [4.69, 9.17) is 4.74 Å². The zero-order valence-corrected chi connectivity index (χ0v) is 13.9. The Morgan fingerprint density at radius 2 is 1.73 bits per heavy atom. The quantitative estimate of drug-likeness (QED) is 0.592. The van der Waals surface area contributed by atoms with Gasteiger partial charge in [-0.2, -0.15) is 0 Å². The summed E-state index contributed by atoms with van der Waals surface area (Å²) >= 11 is 0. The van der Waals surface area contributed by atoms with Crippen LogP contribution in [0.25, 0.3) is 0 Å². The summed E-state index contributed by atoms with van der Waals surface area (Å²) in [4.78, 5) is 26.0.